The molecule has 4 rings (SSSR count). The van der Waals surface area contributed by atoms with Crippen molar-refractivity contribution in [1.29, 1.82) is 15.8 Å². The van der Waals surface area contributed by atoms with E-state index >= 15 is 0 Å². The molecule has 1 aromatic carbocycles. The number of rotatable bonds is 0. The molecule has 0 fully saturated rings. The van der Waals surface area contributed by atoms with Crippen LogP contribution in [-0.4, -0.2) is 19.9 Å². The molecule has 0 amide bonds. The number of nitrogens with zero attached hydrogens (tertiary/aromatic N) is 8. The molecule has 0 unspecified atom stereocenters. The molecule has 0 spiro atoms. The van der Waals surface area contributed by atoms with Crippen LogP contribution in [0.4, 0.5) is 0 Å². The number of nitriles is 3. The van der Waals surface area contributed by atoms with Gasteiger partial charge in [-0.1, -0.05) is 17.7 Å². The lowest BCUT2D eigenvalue weighted by Gasteiger charge is -2.03. The first-order valence-corrected chi connectivity index (χ1v) is 7.71. The van der Waals surface area contributed by atoms with Crippen molar-refractivity contribution in [1.82, 2.24) is 19.9 Å². The smallest absolute Gasteiger partial charge is 0.226 e. The number of fused-ring (bicyclic) bond motifs is 4. The highest BCUT2D eigenvalue weighted by Crippen LogP contribution is 2.45. The summed E-state index contributed by atoms with van der Waals surface area (Å²) in [5.41, 5.74) is 1.85. The average Bonchev–Trinajstić information content (AvgIpc) is 2.98. The molecule has 8 nitrogen and oxygen atoms in total. The quantitative estimate of drug-likeness (QED) is 0.345. The third-order valence-electron chi connectivity index (χ3n) is 3.93. The van der Waals surface area contributed by atoms with Crippen molar-refractivity contribution in [2.45, 2.75) is 0 Å². The van der Waals surface area contributed by atoms with Crippen molar-refractivity contribution < 1.29 is 0 Å². The van der Waals surface area contributed by atoms with Crippen LogP contribution in [0.1, 0.15) is 22.6 Å². The Balaban J connectivity index is 2.16. The second kappa shape index (κ2) is 5.86. The van der Waals surface area contributed by atoms with Gasteiger partial charge in [0.2, 0.25) is 0 Å². The first kappa shape index (κ1) is 16.1. The maximum Gasteiger partial charge on any atom is 0.271 e. The fourth-order valence-corrected chi connectivity index (χ4v) is 3.01. The van der Waals surface area contributed by atoms with E-state index in [4.69, 9.17) is 28.7 Å². The topological polar surface area (TPSA) is 127 Å². The zero-order valence-corrected chi connectivity index (χ0v) is 13.9. The Morgan fingerprint density at radius 1 is 0.926 bits per heavy atom. The van der Waals surface area contributed by atoms with Crippen molar-refractivity contribution in [2.24, 2.45) is 0 Å². The molecule has 3 aromatic rings. The van der Waals surface area contributed by atoms with Gasteiger partial charge < -0.3 is 0 Å². The molecule has 27 heavy (non-hydrogen) atoms. The number of hydrogen-bond donors (Lipinski definition) is 0. The highest BCUT2D eigenvalue weighted by Gasteiger charge is 2.30. The van der Waals surface area contributed by atoms with E-state index in [2.05, 4.69) is 24.8 Å². The SMILES string of the molecule is [C-]#[N+]/C(C#N)=C1\c2cc(Cl)ccc2-c2nc3nc(C#N)c(C#N)nc3nc21. The molecule has 122 valence electrons. The Bertz CT molecular complexity index is 1360. The van der Waals surface area contributed by atoms with Crippen molar-refractivity contribution >= 4 is 28.5 Å². The summed E-state index contributed by atoms with van der Waals surface area (Å²) in [6.07, 6.45) is 0. The molecular weight excluding hydrogens is 364 g/mol. The first-order chi connectivity index (χ1) is 13.1. The summed E-state index contributed by atoms with van der Waals surface area (Å²) < 4.78 is 0. The van der Waals surface area contributed by atoms with Crippen molar-refractivity contribution in [3.05, 3.63) is 63.0 Å². The normalized spacial score (nSPS) is 12.9. The lowest BCUT2D eigenvalue weighted by Crippen LogP contribution is -2.02. The molecule has 0 bridgehead atoms. The van der Waals surface area contributed by atoms with Gasteiger partial charge in [-0.25, -0.2) is 30.0 Å². The van der Waals surface area contributed by atoms with Crippen LogP contribution < -0.4 is 0 Å². The summed E-state index contributed by atoms with van der Waals surface area (Å²) in [5.74, 6) is 0. The van der Waals surface area contributed by atoms with Crippen LogP contribution in [0, 0.1) is 40.6 Å². The zero-order chi connectivity index (χ0) is 19.1. The third-order valence-corrected chi connectivity index (χ3v) is 4.16. The predicted molar refractivity (Wildman–Crippen MR) is 93.2 cm³/mol. The number of allylic oxidation sites excluding steroid dienone is 1. The second-order valence-corrected chi connectivity index (χ2v) is 5.79. The van der Waals surface area contributed by atoms with Gasteiger partial charge in [0.05, 0.1) is 24.0 Å². The number of halogens is 1. The van der Waals surface area contributed by atoms with Gasteiger partial charge in [0, 0.05) is 16.2 Å². The Kier molecular flexibility index (Phi) is 3.50. The fraction of sp³-hybridized carbons (Fsp3) is 0. The lowest BCUT2D eigenvalue weighted by molar-refractivity contribution is 1.11. The average molecular weight is 367 g/mol. The Labute approximate surface area is 157 Å². The van der Waals surface area contributed by atoms with Gasteiger partial charge in [-0.05, 0) is 17.7 Å². The molecule has 0 atom stereocenters. The zero-order valence-electron chi connectivity index (χ0n) is 13.2. The molecule has 9 heteroatoms. The number of benzene rings is 1. The van der Waals surface area contributed by atoms with E-state index < -0.39 is 0 Å². The van der Waals surface area contributed by atoms with Crippen molar-refractivity contribution in [2.75, 3.05) is 0 Å². The summed E-state index contributed by atoms with van der Waals surface area (Å²) >= 11 is 6.09. The van der Waals surface area contributed by atoms with Crippen LogP contribution in [0.3, 0.4) is 0 Å². The maximum absolute atomic E-state index is 9.36. The van der Waals surface area contributed by atoms with Crippen LogP contribution in [0.25, 0.3) is 33.0 Å². The predicted octanol–water partition coefficient (Wildman–Crippen LogP) is 3.00. The highest BCUT2D eigenvalue weighted by molar-refractivity contribution is 6.31. The summed E-state index contributed by atoms with van der Waals surface area (Å²) in [6, 6.07) is 10.5. The van der Waals surface area contributed by atoms with Gasteiger partial charge in [-0.2, -0.15) is 10.5 Å². The highest BCUT2D eigenvalue weighted by atomic mass is 35.5. The summed E-state index contributed by atoms with van der Waals surface area (Å²) in [4.78, 5) is 20.2. The van der Waals surface area contributed by atoms with Gasteiger partial charge in [-0.3, -0.25) is 0 Å². The maximum atomic E-state index is 9.36. The number of aromatic nitrogens is 4. The standard InChI is InChI=1S/C18H3ClN8/c1-23-13(7-22)14-10-4-8(19)2-3-9(10)15-16(14)27-18-17(26-15)24-11(5-20)12(6-21)25-18/h2-4H/b14-13+. The van der Waals surface area contributed by atoms with Gasteiger partial charge in [0.1, 0.15) is 12.1 Å². The van der Waals surface area contributed by atoms with Gasteiger partial charge in [-0.15, -0.1) is 0 Å². The van der Waals surface area contributed by atoms with Crippen LogP contribution in [-0.2, 0) is 0 Å². The first-order valence-electron chi connectivity index (χ1n) is 7.33. The van der Waals surface area contributed by atoms with E-state index in [9.17, 15) is 5.26 Å². The van der Waals surface area contributed by atoms with E-state index in [1.54, 1.807) is 30.3 Å². The molecule has 0 radical (unpaired) electrons. The molecule has 0 aliphatic heterocycles. The summed E-state index contributed by atoms with van der Waals surface area (Å²) in [5, 5.41) is 28.1. The van der Waals surface area contributed by atoms with E-state index in [0.29, 0.717) is 27.4 Å². The van der Waals surface area contributed by atoms with E-state index in [1.165, 1.54) is 0 Å². The van der Waals surface area contributed by atoms with Gasteiger partial charge in [0.15, 0.2) is 22.7 Å². The van der Waals surface area contributed by atoms with E-state index in [0.717, 1.165) is 0 Å². The summed E-state index contributed by atoms with van der Waals surface area (Å²) in [6.45, 7) is 7.30. The molecule has 0 saturated heterocycles. The molecule has 0 N–H and O–H groups in total. The van der Waals surface area contributed by atoms with Crippen LogP contribution >= 0.6 is 11.6 Å². The minimum absolute atomic E-state index is 0.0444. The molecule has 1 aliphatic rings. The molecule has 0 saturated carbocycles. The van der Waals surface area contributed by atoms with Gasteiger partial charge in [0.25, 0.3) is 5.70 Å². The summed E-state index contributed by atoms with van der Waals surface area (Å²) in [7, 11) is 0. The largest absolute Gasteiger partial charge is 0.271 e. The number of hydrogen-bond acceptors (Lipinski definition) is 7. The fourth-order valence-electron chi connectivity index (χ4n) is 2.84. The van der Waals surface area contributed by atoms with Crippen molar-refractivity contribution in [3.8, 4) is 29.5 Å². The second-order valence-electron chi connectivity index (χ2n) is 5.35. The van der Waals surface area contributed by atoms with Crippen LogP contribution in [0.15, 0.2) is 23.9 Å². The van der Waals surface area contributed by atoms with E-state index in [1.807, 2.05) is 6.07 Å². The van der Waals surface area contributed by atoms with Crippen LogP contribution in [0.5, 0.6) is 0 Å². The Morgan fingerprint density at radius 3 is 2.11 bits per heavy atom. The monoisotopic (exact) mass is 366 g/mol. The minimum Gasteiger partial charge on any atom is -0.226 e. The Hall–Kier alpha value is -4.37. The molecule has 2 aromatic heterocycles. The minimum atomic E-state index is -0.172. The molecular formula is C18H3ClN8. The third kappa shape index (κ3) is 2.27. The van der Waals surface area contributed by atoms with Crippen LogP contribution in [0.2, 0.25) is 5.02 Å². The van der Waals surface area contributed by atoms with E-state index in [-0.39, 0.29) is 34.1 Å². The molecule has 1 aliphatic carbocycles. The molecule has 2 heterocycles. The van der Waals surface area contributed by atoms with Gasteiger partial charge >= 0.3 is 0 Å². The Morgan fingerprint density at radius 2 is 1.56 bits per heavy atom. The van der Waals surface area contributed by atoms with Crippen molar-refractivity contribution in [3.63, 3.8) is 0 Å². The lowest BCUT2D eigenvalue weighted by atomic mass is 10.0.